The third kappa shape index (κ3) is 3.48. The van der Waals surface area contributed by atoms with Crippen molar-refractivity contribution in [2.75, 3.05) is 30.4 Å². The van der Waals surface area contributed by atoms with Gasteiger partial charge in [-0.25, -0.2) is 4.98 Å². The molecule has 0 saturated carbocycles. The second kappa shape index (κ2) is 7.43. The van der Waals surface area contributed by atoms with Gasteiger partial charge in [0.05, 0.1) is 22.2 Å². The molecule has 1 saturated heterocycles. The highest BCUT2D eigenvalue weighted by Crippen LogP contribution is 2.33. The van der Waals surface area contributed by atoms with Crippen molar-refractivity contribution < 1.29 is 14.5 Å². The maximum atomic E-state index is 12.5. The smallest absolute Gasteiger partial charge is 0.311 e. The van der Waals surface area contributed by atoms with Gasteiger partial charge in [0.25, 0.3) is 5.91 Å². The number of nitro groups is 1. The first-order valence-corrected chi connectivity index (χ1v) is 9.66. The van der Waals surface area contributed by atoms with Crippen molar-refractivity contribution in [3.05, 3.63) is 52.1 Å². The van der Waals surface area contributed by atoms with Gasteiger partial charge in [0.1, 0.15) is 0 Å². The minimum absolute atomic E-state index is 0.113. The summed E-state index contributed by atoms with van der Waals surface area (Å²) >= 11 is 1.60. The van der Waals surface area contributed by atoms with E-state index in [1.807, 2.05) is 12.1 Å². The lowest BCUT2D eigenvalue weighted by Crippen LogP contribution is -2.16. The molecule has 144 valence electrons. The zero-order valence-electron chi connectivity index (χ0n) is 15.2. The highest BCUT2D eigenvalue weighted by Gasteiger charge is 2.19. The molecule has 8 nitrogen and oxygen atoms in total. The number of hydrogen-bond donors (Lipinski definition) is 1. The molecule has 0 radical (unpaired) electrons. The Morgan fingerprint density at radius 2 is 2.04 bits per heavy atom. The van der Waals surface area contributed by atoms with Crippen LogP contribution in [0.15, 0.2) is 36.4 Å². The number of thiazole rings is 1. The van der Waals surface area contributed by atoms with Crippen LogP contribution < -0.4 is 15.0 Å². The van der Waals surface area contributed by atoms with Crippen LogP contribution in [0.1, 0.15) is 23.2 Å². The number of carbonyl (C=O) groups excluding carboxylic acids is 1. The van der Waals surface area contributed by atoms with E-state index in [0.29, 0.717) is 5.69 Å². The zero-order chi connectivity index (χ0) is 19.7. The Morgan fingerprint density at radius 1 is 1.25 bits per heavy atom. The molecule has 0 bridgehead atoms. The maximum Gasteiger partial charge on any atom is 0.311 e. The molecule has 0 unspecified atom stereocenters. The van der Waals surface area contributed by atoms with E-state index in [1.54, 1.807) is 17.4 Å². The summed E-state index contributed by atoms with van der Waals surface area (Å²) in [5.41, 5.74) is 1.45. The molecule has 0 spiro atoms. The standard InChI is InChI=1S/C19H18N4O4S/c1-27-16-7-4-12(10-15(16)23(25)26)18(24)20-13-5-6-14-17(11-13)28-19(21-14)22-8-2-3-9-22/h4-7,10-11H,2-3,8-9H2,1H3,(H,20,24). The molecule has 1 aliphatic rings. The van der Waals surface area contributed by atoms with Crippen LogP contribution in [0.5, 0.6) is 5.75 Å². The average molecular weight is 398 g/mol. The molecule has 1 N–H and O–H groups in total. The minimum Gasteiger partial charge on any atom is -0.490 e. The number of hydrogen-bond acceptors (Lipinski definition) is 7. The summed E-state index contributed by atoms with van der Waals surface area (Å²) in [5, 5.41) is 15.0. The zero-order valence-corrected chi connectivity index (χ0v) is 16.0. The van der Waals surface area contributed by atoms with Gasteiger partial charge in [-0.1, -0.05) is 11.3 Å². The number of nitrogens with one attached hydrogen (secondary N) is 1. The number of nitro benzene ring substituents is 1. The van der Waals surface area contributed by atoms with Crippen molar-refractivity contribution in [2.24, 2.45) is 0 Å². The lowest BCUT2D eigenvalue weighted by atomic mass is 10.1. The first-order chi connectivity index (χ1) is 13.5. The van der Waals surface area contributed by atoms with E-state index in [0.717, 1.165) is 28.4 Å². The van der Waals surface area contributed by atoms with Gasteiger partial charge in [-0.3, -0.25) is 14.9 Å². The third-order valence-electron chi connectivity index (χ3n) is 4.65. The number of ether oxygens (including phenoxy) is 1. The van der Waals surface area contributed by atoms with Gasteiger partial charge in [-0.2, -0.15) is 0 Å². The summed E-state index contributed by atoms with van der Waals surface area (Å²) in [7, 11) is 1.35. The molecule has 1 aromatic heterocycles. The fourth-order valence-electron chi connectivity index (χ4n) is 3.21. The van der Waals surface area contributed by atoms with Crippen molar-refractivity contribution in [1.29, 1.82) is 0 Å². The van der Waals surface area contributed by atoms with Crippen LogP contribution in [0.25, 0.3) is 10.2 Å². The number of fused-ring (bicyclic) bond motifs is 1. The summed E-state index contributed by atoms with van der Waals surface area (Å²) in [6, 6.07) is 9.66. The fourth-order valence-corrected chi connectivity index (χ4v) is 4.27. The van der Waals surface area contributed by atoms with Crippen molar-refractivity contribution in [2.45, 2.75) is 12.8 Å². The SMILES string of the molecule is COc1ccc(C(=O)Nc2ccc3nc(N4CCCC4)sc3c2)cc1[N+](=O)[O-]. The molecule has 28 heavy (non-hydrogen) atoms. The average Bonchev–Trinajstić information content (AvgIpc) is 3.36. The van der Waals surface area contributed by atoms with E-state index in [2.05, 4.69) is 15.2 Å². The number of aromatic nitrogens is 1. The van der Waals surface area contributed by atoms with Crippen molar-refractivity contribution in [3.63, 3.8) is 0 Å². The Kier molecular flexibility index (Phi) is 4.82. The van der Waals surface area contributed by atoms with Gasteiger partial charge in [-0.15, -0.1) is 0 Å². The minimum atomic E-state index is -0.571. The molecule has 4 rings (SSSR count). The van der Waals surface area contributed by atoms with Gasteiger partial charge >= 0.3 is 5.69 Å². The van der Waals surface area contributed by atoms with Crippen LogP contribution >= 0.6 is 11.3 Å². The molecule has 0 atom stereocenters. The van der Waals surface area contributed by atoms with E-state index in [9.17, 15) is 14.9 Å². The number of carbonyl (C=O) groups is 1. The van der Waals surface area contributed by atoms with Crippen molar-refractivity contribution in [1.82, 2.24) is 4.98 Å². The lowest BCUT2D eigenvalue weighted by Gasteiger charge is -2.11. The number of anilines is 2. The fraction of sp³-hybridized carbons (Fsp3) is 0.263. The Balaban J connectivity index is 1.56. The van der Waals surface area contributed by atoms with Crippen LogP contribution in [0, 0.1) is 10.1 Å². The number of benzene rings is 2. The second-order valence-corrected chi connectivity index (χ2v) is 7.48. The van der Waals surface area contributed by atoms with Crippen LogP contribution in [0.2, 0.25) is 0 Å². The lowest BCUT2D eigenvalue weighted by molar-refractivity contribution is -0.385. The third-order valence-corrected chi connectivity index (χ3v) is 5.73. The Hall–Kier alpha value is -3.20. The number of nitrogens with zero attached hydrogens (tertiary/aromatic N) is 3. The van der Waals surface area contributed by atoms with Crippen molar-refractivity contribution in [3.8, 4) is 5.75 Å². The topological polar surface area (TPSA) is 97.6 Å². The number of rotatable bonds is 5. The Labute approximate surface area is 164 Å². The molecule has 1 aliphatic heterocycles. The summed E-state index contributed by atoms with van der Waals surface area (Å²) in [4.78, 5) is 30.1. The van der Waals surface area contributed by atoms with Gasteiger partial charge in [0.2, 0.25) is 0 Å². The van der Waals surface area contributed by atoms with E-state index >= 15 is 0 Å². The van der Waals surface area contributed by atoms with Crippen LogP contribution in [0.3, 0.4) is 0 Å². The van der Waals surface area contributed by atoms with Crippen LogP contribution in [-0.4, -0.2) is 36.0 Å². The second-order valence-electron chi connectivity index (χ2n) is 6.47. The molecule has 2 aromatic carbocycles. The molecule has 3 aromatic rings. The summed E-state index contributed by atoms with van der Waals surface area (Å²) in [5.74, 6) is -0.309. The quantitative estimate of drug-likeness (QED) is 0.514. The highest BCUT2D eigenvalue weighted by atomic mass is 32.1. The molecule has 9 heteroatoms. The van der Waals surface area contributed by atoms with E-state index < -0.39 is 10.8 Å². The predicted octanol–water partition coefficient (Wildman–Crippen LogP) is 4.07. The van der Waals surface area contributed by atoms with E-state index in [1.165, 1.54) is 38.2 Å². The molecule has 1 fully saturated rings. The van der Waals surface area contributed by atoms with Gasteiger partial charge in [0.15, 0.2) is 10.9 Å². The first-order valence-electron chi connectivity index (χ1n) is 8.84. The maximum absolute atomic E-state index is 12.5. The van der Waals surface area contributed by atoms with Crippen molar-refractivity contribution >= 4 is 44.0 Å². The molecular weight excluding hydrogens is 380 g/mol. The normalized spacial score (nSPS) is 13.7. The summed E-state index contributed by atoms with van der Waals surface area (Å²) in [6.45, 7) is 2.05. The number of amides is 1. The first kappa shape index (κ1) is 18.2. The van der Waals surface area contributed by atoms with Crippen LogP contribution in [0.4, 0.5) is 16.5 Å². The molecular formula is C19H18N4O4S. The molecule has 0 aliphatic carbocycles. The summed E-state index contributed by atoms with van der Waals surface area (Å²) < 4.78 is 5.96. The largest absolute Gasteiger partial charge is 0.490 e. The Morgan fingerprint density at radius 3 is 2.75 bits per heavy atom. The predicted molar refractivity (Wildman–Crippen MR) is 109 cm³/mol. The van der Waals surface area contributed by atoms with Crippen LogP contribution in [-0.2, 0) is 0 Å². The van der Waals surface area contributed by atoms with Gasteiger partial charge in [-0.05, 0) is 43.2 Å². The molecule has 2 heterocycles. The van der Waals surface area contributed by atoms with Gasteiger partial charge < -0.3 is 15.0 Å². The highest BCUT2D eigenvalue weighted by molar-refractivity contribution is 7.22. The summed E-state index contributed by atoms with van der Waals surface area (Å²) in [6.07, 6.45) is 2.37. The van der Waals surface area contributed by atoms with E-state index in [-0.39, 0.29) is 17.0 Å². The van der Waals surface area contributed by atoms with E-state index in [4.69, 9.17) is 4.74 Å². The monoisotopic (exact) mass is 398 g/mol. The van der Waals surface area contributed by atoms with Gasteiger partial charge in [0, 0.05) is 30.4 Å². The molecule has 1 amide bonds. The Bertz CT molecular complexity index is 1060. The number of methoxy groups -OCH3 is 1.